The number of benzene rings is 2. The molecular weight excluding hydrogens is 378 g/mol. The summed E-state index contributed by atoms with van der Waals surface area (Å²) in [7, 11) is 0. The van der Waals surface area contributed by atoms with Crippen LogP contribution in [0.25, 0.3) is 0 Å². The molecule has 0 fully saturated rings. The molecule has 0 atom stereocenters. The zero-order chi connectivity index (χ0) is 21.4. The minimum absolute atomic E-state index is 0.200. The molecule has 0 saturated carbocycles. The largest absolute Gasteiger partial charge is 0.475 e. The summed E-state index contributed by atoms with van der Waals surface area (Å²) in [4.78, 5) is 16.6. The molecule has 30 heavy (non-hydrogen) atoms. The highest BCUT2D eigenvalue weighted by Crippen LogP contribution is 2.19. The third kappa shape index (κ3) is 6.90. The Hall–Kier alpha value is -3.38. The molecule has 0 aliphatic heterocycles. The lowest BCUT2D eigenvalue weighted by molar-refractivity contribution is -0.0168. The number of amides is 1. The standard InChI is InChI=1S/C24H27N3O3/c1-24(2,3)30-16-15-29-22-14-9-18(17-25-22)23(28)27-21-12-10-20(11-13-21)26-19-7-5-4-6-8-19/h4-14,17,26H,15-16H2,1-3H3,(H,27,28). The van der Waals surface area contributed by atoms with Crippen molar-refractivity contribution in [2.24, 2.45) is 0 Å². The van der Waals surface area contributed by atoms with Gasteiger partial charge in [0, 0.05) is 29.3 Å². The van der Waals surface area contributed by atoms with E-state index in [1.54, 1.807) is 12.1 Å². The lowest BCUT2D eigenvalue weighted by atomic mass is 10.2. The first-order valence-corrected chi connectivity index (χ1v) is 9.85. The number of carbonyl (C=O) groups excluding carboxylic acids is 1. The average molecular weight is 405 g/mol. The molecule has 0 aliphatic rings. The van der Waals surface area contributed by atoms with Gasteiger partial charge >= 0.3 is 0 Å². The number of rotatable bonds is 8. The molecule has 1 heterocycles. The van der Waals surface area contributed by atoms with Crippen LogP contribution in [0, 0.1) is 0 Å². The van der Waals surface area contributed by atoms with Crippen LogP contribution in [-0.4, -0.2) is 29.7 Å². The highest BCUT2D eigenvalue weighted by Gasteiger charge is 2.10. The van der Waals surface area contributed by atoms with Crippen LogP contribution >= 0.6 is 0 Å². The van der Waals surface area contributed by atoms with Crippen LogP contribution in [-0.2, 0) is 4.74 Å². The van der Waals surface area contributed by atoms with Crippen LogP contribution in [0.3, 0.4) is 0 Å². The van der Waals surface area contributed by atoms with Crippen LogP contribution in [0.4, 0.5) is 17.1 Å². The molecule has 0 spiro atoms. The zero-order valence-electron chi connectivity index (χ0n) is 17.5. The van der Waals surface area contributed by atoms with Crippen LogP contribution in [0.1, 0.15) is 31.1 Å². The van der Waals surface area contributed by atoms with Gasteiger partial charge in [0.05, 0.1) is 17.8 Å². The molecular formula is C24H27N3O3. The number of hydrogen-bond donors (Lipinski definition) is 2. The molecule has 6 heteroatoms. The predicted molar refractivity (Wildman–Crippen MR) is 120 cm³/mol. The predicted octanol–water partition coefficient (Wildman–Crippen LogP) is 5.27. The fourth-order valence-corrected chi connectivity index (χ4v) is 2.62. The maximum absolute atomic E-state index is 12.4. The Labute approximate surface area is 177 Å². The van der Waals surface area contributed by atoms with Gasteiger partial charge in [0.25, 0.3) is 5.91 Å². The van der Waals surface area contributed by atoms with Crippen LogP contribution in [0.15, 0.2) is 72.9 Å². The summed E-state index contributed by atoms with van der Waals surface area (Å²) in [6.07, 6.45) is 1.50. The maximum atomic E-state index is 12.4. The van der Waals surface area contributed by atoms with Crippen molar-refractivity contribution in [2.75, 3.05) is 23.8 Å². The van der Waals surface area contributed by atoms with Crippen LogP contribution < -0.4 is 15.4 Å². The third-order valence-electron chi connectivity index (χ3n) is 4.07. The summed E-state index contributed by atoms with van der Waals surface area (Å²) in [5, 5.41) is 6.18. The summed E-state index contributed by atoms with van der Waals surface area (Å²) in [6.45, 7) is 6.85. The number of carbonyl (C=O) groups is 1. The molecule has 2 N–H and O–H groups in total. The fourth-order valence-electron chi connectivity index (χ4n) is 2.62. The second-order valence-electron chi connectivity index (χ2n) is 7.72. The highest BCUT2D eigenvalue weighted by atomic mass is 16.5. The number of ether oxygens (including phenoxy) is 2. The van der Waals surface area contributed by atoms with Crippen LogP contribution in [0.2, 0.25) is 0 Å². The first-order valence-electron chi connectivity index (χ1n) is 9.85. The van der Waals surface area contributed by atoms with Gasteiger partial charge in [-0.25, -0.2) is 4.98 Å². The lowest BCUT2D eigenvalue weighted by Gasteiger charge is -2.19. The number of hydrogen-bond acceptors (Lipinski definition) is 5. The average Bonchev–Trinajstić information content (AvgIpc) is 2.73. The van der Waals surface area contributed by atoms with Gasteiger partial charge in [0.1, 0.15) is 6.61 Å². The van der Waals surface area contributed by atoms with E-state index in [0.29, 0.717) is 30.3 Å². The normalized spacial score (nSPS) is 11.0. The minimum atomic E-state index is -0.228. The summed E-state index contributed by atoms with van der Waals surface area (Å²) in [5.41, 5.74) is 2.91. The number of para-hydroxylation sites is 1. The smallest absolute Gasteiger partial charge is 0.257 e. The Morgan fingerprint density at radius 3 is 2.17 bits per heavy atom. The molecule has 0 aliphatic carbocycles. The first kappa shape index (κ1) is 21.3. The second-order valence-corrected chi connectivity index (χ2v) is 7.72. The minimum Gasteiger partial charge on any atom is -0.475 e. The fraction of sp³-hybridized carbons (Fsp3) is 0.250. The van der Waals surface area contributed by atoms with E-state index in [-0.39, 0.29) is 11.5 Å². The summed E-state index contributed by atoms with van der Waals surface area (Å²) < 4.78 is 11.1. The summed E-state index contributed by atoms with van der Waals surface area (Å²) in [6, 6.07) is 20.8. The van der Waals surface area contributed by atoms with Crippen molar-refractivity contribution in [3.63, 3.8) is 0 Å². The zero-order valence-corrected chi connectivity index (χ0v) is 17.5. The van der Waals surface area contributed by atoms with Crippen molar-refractivity contribution in [2.45, 2.75) is 26.4 Å². The van der Waals surface area contributed by atoms with Crippen molar-refractivity contribution in [1.82, 2.24) is 4.98 Å². The molecule has 156 valence electrons. The number of nitrogens with zero attached hydrogens (tertiary/aromatic N) is 1. The van der Waals surface area contributed by atoms with E-state index < -0.39 is 0 Å². The molecule has 1 amide bonds. The van der Waals surface area contributed by atoms with Gasteiger partial charge in [-0.1, -0.05) is 18.2 Å². The maximum Gasteiger partial charge on any atom is 0.257 e. The van der Waals surface area contributed by atoms with E-state index in [1.165, 1.54) is 6.20 Å². The van der Waals surface area contributed by atoms with E-state index in [1.807, 2.05) is 75.4 Å². The van der Waals surface area contributed by atoms with Gasteiger partial charge < -0.3 is 20.1 Å². The Morgan fingerprint density at radius 1 is 0.867 bits per heavy atom. The number of nitrogens with one attached hydrogen (secondary N) is 2. The Bertz CT molecular complexity index is 934. The van der Waals surface area contributed by atoms with Gasteiger partial charge in [0.2, 0.25) is 5.88 Å². The van der Waals surface area contributed by atoms with Gasteiger partial charge in [-0.2, -0.15) is 0 Å². The lowest BCUT2D eigenvalue weighted by Crippen LogP contribution is -2.22. The van der Waals surface area contributed by atoms with Gasteiger partial charge in [0.15, 0.2) is 0 Å². The molecule has 0 unspecified atom stereocenters. The molecule has 0 radical (unpaired) electrons. The van der Waals surface area contributed by atoms with E-state index in [2.05, 4.69) is 15.6 Å². The molecule has 3 aromatic rings. The van der Waals surface area contributed by atoms with Gasteiger partial charge in [-0.15, -0.1) is 0 Å². The van der Waals surface area contributed by atoms with E-state index in [4.69, 9.17) is 9.47 Å². The monoisotopic (exact) mass is 405 g/mol. The quantitative estimate of drug-likeness (QED) is 0.500. The van der Waals surface area contributed by atoms with Gasteiger partial charge in [-0.3, -0.25) is 4.79 Å². The van der Waals surface area contributed by atoms with Crippen LogP contribution in [0.5, 0.6) is 5.88 Å². The molecule has 1 aromatic heterocycles. The first-order chi connectivity index (χ1) is 14.4. The number of anilines is 3. The number of aromatic nitrogens is 1. The molecule has 2 aromatic carbocycles. The van der Waals surface area contributed by atoms with E-state index in [9.17, 15) is 4.79 Å². The topological polar surface area (TPSA) is 72.5 Å². The Balaban J connectivity index is 1.49. The molecule has 0 bridgehead atoms. The SMILES string of the molecule is CC(C)(C)OCCOc1ccc(C(=O)Nc2ccc(Nc3ccccc3)cc2)cn1. The molecule has 0 saturated heterocycles. The van der Waals surface area contributed by atoms with Crippen molar-refractivity contribution >= 4 is 23.0 Å². The summed E-state index contributed by atoms with van der Waals surface area (Å²) in [5.74, 6) is 0.231. The van der Waals surface area contributed by atoms with Crippen molar-refractivity contribution in [1.29, 1.82) is 0 Å². The molecule has 6 nitrogen and oxygen atoms in total. The second kappa shape index (κ2) is 9.89. The van der Waals surface area contributed by atoms with Crippen molar-refractivity contribution in [3.05, 3.63) is 78.5 Å². The van der Waals surface area contributed by atoms with Crippen molar-refractivity contribution in [3.8, 4) is 5.88 Å². The Morgan fingerprint density at radius 2 is 1.53 bits per heavy atom. The van der Waals surface area contributed by atoms with Crippen molar-refractivity contribution < 1.29 is 14.3 Å². The summed E-state index contributed by atoms with van der Waals surface area (Å²) >= 11 is 0. The van der Waals surface area contributed by atoms with E-state index >= 15 is 0 Å². The Kier molecular flexibility index (Phi) is 7.03. The molecule has 3 rings (SSSR count). The highest BCUT2D eigenvalue weighted by molar-refractivity contribution is 6.04. The number of pyridine rings is 1. The third-order valence-corrected chi connectivity index (χ3v) is 4.07. The van der Waals surface area contributed by atoms with Gasteiger partial charge in [-0.05, 0) is 63.2 Å². The van der Waals surface area contributed by atoms with E-state index in [0.717, 1.165) is 11.4 Å².